The van der Waals surface area contributed by atoms with Crippen molar-refractivity contribution in [2.24, 2.45) is 0 Å². The summed E-state index contributed by atoms with van der Waals surface area (Å²) in [4.78, 5) is 15.7. The molecule has 0 fully saturated rings. The van der Waals surface area contributed by atoms with Crippen LogP contribution in [0.15, 0.2) is 59.3 Å². The van der Waals surface area contributed by atoms with Crippen LogP contribution in [0.3, 0.4) is 0 Å². The van der Waals surface area contributed by atoms with E-state index in [-0.39, 0.29) is 12.5 Å². The third-order valence-corrected chi connectivity index (χ3v) is 2.81. The van der Waals surface area contributed by atoms with Gasteiger partial charge in [-0.3, -0.25) is 9.78 Å². The van der Waals surface area contributed by atoms with Crippen molar-refractivity contribution in [3.8, 4) is 11.5 Å². The van der Waals surface area contributed by atoms with Gasteiger partial charge in [0.05, 0.1) is 12.1 Å². The molecule has 0 saturated carbocycles. The van der Waals surface area contributed by atoms with Gasteiger partial charge in [-0.15, -0.1) is 10.2 Å². The fourth-order valence-corrected chi connectivity index (χ4v) is 1.78. The Balaban J connectivity index is 1.64. The Bertz CT molecular complexity index is 726. The maximum Gasteiger partial charge on any atom is 0.253 e. The molecule has 0 aliphatic rings. The van der Waals surface area contributed by atoms with Gasteiger partial charge >= 0.3 is 0 Å². The number of pyridine rings is 1. The molecular formula is C15H12N4O2. The average molecular weight is 280 g/mol. The smallest absolute Gasteiger partial charge is 0.253 e. The van der Waals surface area contributed by atoms with Gasteiger partial charge in [0.1, 0.15) is 0 Å². The molecule has 3 aromatic rings. The van der Waals surface area contributed by atoms with E-state index in [0.29, 0.717) is 17.3 Å². The molecule has 2 heterocycles. The van der Waals surface area contributed by atoms with E-state index in [1.165, 1.54) is 6.20 Å². The zero-order chi connectivity index (χ0) is 14.5. The Hall–Kier alpha value is -3.02. The summed E-state index contributed by atoms with van der Waals surface area (Å²) < 4.78 is 5.50. The molecule has 0 atom stereocenters. The summed E-state index contributed by atoms with van der Waals surface area (Å²) in [5.41, 5.74) is 1.33. The van der Waals surface area contributed by atoms with Gasteiger partial charge in [-0.2, -0.15) is 0 Å². The molecule has 2 aromatic heterocycles. The lowest BCUT2D eigenvalue weighted by Crippen LogP contribution is -2.23. The summed E-state index contributed by atoms with van der Waals surface area (Å²) in [5, 5.41) is 10.6. The molecule has 0 radical (unpaired) electrons. The first kappa shape index (κ1) is 13.0. The summed E-state index contributed by atoms with van der Waals surface area (Å²) in [7, 11) is 0. The highest BCUT2D eigenvalue weighted by molar-refractivity contribution is 5.93. The quantitative estimate of drug-likeness (QED) is 0.791. The summed E-state index contributed by atoms with van der Waals surface area (Å²) in [5.74, 6) is 0.551. The second-order valence-electron chi connectivity index (χ2n) is 4.29. The molecule has 0 unspecified atom stereocenters. The molecule has 1 amide bonds. The van der Waals surface area contributed by atoms with Crippen molar-refractivity contribution in [1.82, 2.24) is 20.5 Å². The van der Waals surface area contributed by atoms with Gasteiger partial charge in [0.25, 0.3) is 5.91 Å². The zero-order valence-corrected chi connectivity index (χ0v) is 11.1. The van der Waals surface area contributed by atoms with E-state index in [9.17, 15) is 4.79 Å². The van der Waals surface area contributed by atoms with E-state index in [1.807, 2.05) is 30.3 Å². The van der Waals surface area contributed by atoms with Crippen LogP contribution in [0.1, 0.15) is 16.2 Å². The zero-order valence-electron chi connectivity index (χ0n) is 11.1. The average Bonchev–Trinajstić information content (AvgIpc) is 3.03. The first-order chi connectivity index (χ1) is 10.3. The normalized spacial score (nSPS) is 10.3. The highest BCUT2D eigenvalue weighted by Crippen LogP contribution is 2.16. The van der Waals surface area contributed by atoms with E-state index in [0.717, 1.165) is 5.56 Å². The minimum Gasteiger partial charge on any atom is -0.419 e. The SMILES string of the molecule is O=C(NCc1nnc(-c2ccccc2)o1)c1cccnc1. The van der Waals surface area contributed by atoms with Crippen molar-refractivity contribution in [3.05, 3.63) is 66.3 Å². The van der Waals surface area contributed by atoms with Gasteiger partial charge in [0.15, 0.2) is 0 Å². The number of hydrogen-bond acceptors (Lipinski definition) is 5. The number of carbonyl (C=O) groups excluding carboxylic acids is 1. The van der Waals surface area contributed by atoms with Crippen LogP contribution in [0.5, 0.6) is 0 Å². The van der Waals surface area contributed by atoms with Crippen LogP contribution in [0, 0.1) is 0 Å². The van der Waals surface area contributed by atoms with Crippen LogP contribution in [0.2, 0.25) is 0 Å². The minimum absolute atomic E-state index is 0.174. The fourth-order valence-electron chi connectivity index (χ4n) is 1.78. The topological polar surface area (TPSA) is 80.9 Å². The van der Waals surface area contributed by atoms with E-state index in [2.05, 4.69) is 20.5 Å². The summed E-state index contributed by atoms with van der Waals surface area (Å²) in [6.07, 6.45) is 3.11. The predicted molar refractivity (Wildman–Crippen MR) is 75.1 cm³/mol. The van der Waals surface area contributed by atoms with Crippen LogP contribution in [0.4, 0.5) is 0 Å². The van der Waals surface area contributed by atoms with Crippen molar-refractivity contribution in [2.75, 3.05) is 0 Å². The Morgan fingerprint density at radius 2 is 1.95 bits per heavy atom. The Labute approximate surface area is 120 Å². The molecule has 0 bridgehead atoms. The molecule has 6 nitrogen and oxygen atoms in total. The number of rotatable bonds is 4. The van der Waals surface area contributed by atoms with Crippen LogP contribution in [-0.2, 0) is 6.54 Å². The molecule has 6 heteroatoms. The molecule has 1 N–H and O–H groups in total. The first-order valence-corrected chi connectivity index (χ1v) is 6.39. The van der Waals surface area contributed by atoms with E-state index >= 15 is 0 Å². The largest absolute Gasteiger partial charge is 0.419 e. The van der Waals surface area contributed by atoms with E-state index in [1.54, 1.807) is 18.3 Å². The first-order valence-electron chi connectivity index (χ1n) is 6.39. The maximum atomic E-state index is 11.9. The number of nitrogens with zero attached hydrogens (tertiary/aromatic N) is 3. The Morgan fingerprint density at radius 1 is 1.10 bits per heavy atom. The summed E-state index contributed by atoms with van der Waals surface area (Å²) >= 11 is 0. The monoisotopic (exact) mass is 280 g/mol. The van der Waals surface area contributed by atoms with Gasteiger partial charge in [-0.05, 0) is 24.3 Å². The lowest BCUT2D eigenvalue weighted by Gasteiger charge is -2.01. The lowest BCUT2D eigenvalue weighted by molar-refractivity contribution is 0.0947. The Morgan fingerprint density at radius 3 is 2.71 bits per heavy atom. The predicted octanol–water partition coefficient (Wildman–Crippen LogP) is 2.06. The molecule has 1 aromatic carbocycles. The molecule has 0 saturated heterocycles. The number of carbonyl (C=O) groups is 1. The summed E-state index contributed by atoms with van der Waals surface area (Å²) in [6.45, 7) is 0.174. The van der Waals surface area contributed by atoms with Gasteiger partial charge in [-0.25, -0.2) is 0 Å². The molecule has 0 aliphatic heterocycles. The van der Waals surface area contributed by atoms with Crippen molar-refractivity contribution in [3.63, 3.8) is 0 Å². The number of hydrogen-bond donors (Lipinski definition) is 1. The molecule has 21 heavy (non-hydrogen) atoms. The van der Waals surface area contributed by atoms with Crippen LogP contribution >= 0.6 is 0 Å². The number of benzene rings is 1. The third-order valence-electron chi connectivity index (χ3n) is 2.81. The van der Waals surface area contributed by atoms with Crippen molar-refractivity contribution in [2.45, 2.75) is 6.54 Å². The Kier molecular flexibility index (Phi) is 3.68. The highest BCUT2D eigenvalue weighted by atomic mass is 16.4. The van der Waals surface area contributed by atoms with Crippen LogP contribution in [-0.4, -0.2) is 21.1 Å². The maximum absolute atomic E-state index is 11.9. The van der Waals surface area contributed by atoms with Crippen LogP contribution < -0.4 is 5.32 Å². The number of aromatic nitrogens is 3. The summed E-state index contributed by atoms with van der Waals surface area (Å²) in [6, 6.07) is 12.8. The minimum atomic E-state index is -0.234. The van der Waals surface area contributed by atoms with Gasteiger partial charge < -0.3 is 9.73 Å². The van der Waals surface area contributed by atoms with Gasteiger partial charge in [-0.1, -0.05) is 18.2 Å². The third kappa shape index (κ3) is 3.11. The standard InChI is InChI=1S/C15H12N4O2/c20-14(12-7-4-8-16-9-12)17-10-13-18-19-15(21-13)11-5-2-1-3-6-11/h1-9H,10H2,(H,17,20). The number of amides is 1. The molecule has 3 rings (SSSR count). The second-order valence-corrected chi connectivity index (χ2v) is 4.29. The number of nitrogens with one attached hydrogen (secondary N) is 1. The van der Waals surface area contributed by atoms with Crippen molar-refractivity contribution < 1.29 is 9.21 Å². The highest BCUT2D eigenvalue weighted by Gasteiger charge is 2.10. The lowest BCUT2D eigenvalue weighted by atomic mass is 10.2. The molecule has 0 spiro atoms. The van der Waals surface area contributed by atoms with E-state index in [4.69, 9.17) is 4.42 Å². The van der Waals surface area contributed by atoms with E-state index < -0.39 is 0 Å². The molecular weight excluding hydrogens is 268 g/mol. The van der Waals surface area contributed by atoms with Gasteiger partial charge in [0.2, 0.25) is 11.8 Å². The second kappa shape index (κ2) is 5.96. The molecule has 0 aliphatic carbocycles. The van der Waals surface area contributed by atoms with Gasteiger partial charge in [0, 0.05) is 18.0 Å². The van der Waals surface area contributed by atoms with Crippen molar-refractivity contribution in [1.29, 1.82) is 0 Å². The van der Waals surface area contributed by atoms with Crippen molar-refractivity contribution >= 4 is 5.91 Å². The fraction of sp³-hybridized carbons (Fsp3) is 0.0667. The molecule has 104 valence electrons. The van der Waals surface area contributed by atoms with Crippen LogP contribution in [0.25, 0.3) is 11.5 Å².